The second-order valence-corrected chi connectivity index (χ2v) is 7.68. The van der Waals surface area contributed by atoms with E-state index in [1.807, 2.05) is 0 Å². The van der Waals surface area contributed by atoms with Crippen molar-refractivity contribution in [3.63, 3.8) is 0 Å². The minimum atomic E-state index is -4.56. The smallest absolute Gasteiger partial charge is 0.423 e. The van der Waals surface area contributed by atoms with Crippen LogP contribution in [0, 0.1) is 10.8 Å². The van der Waals surface area contributed by atoms with E-state index in [-0.39, 0.29) is 24.6 Å². The van der Waals surface area contributed by atoms with Crippen LogP contribution in [-0.2, 0) is 17.1 Å². The molecule has 2 aromatic rings. The lowest BCUT2D eigenvalue weighted by atomic mass is 10.0. The molecule has 35 heavy (non-hydrogen) atoms. The molecule has 2 fully saturated rings. The molecular weight excluding hydrogens is 482 g/mol. The van der Waals surface area contributed by atoms with Gasteiger partial charge in [-0.15, -0.1) is 0 Å². The van der Waals surface area contributed by atoms with Gasteiger partial charge in [-0.3, -0.25) is 15.4 Å². The predicted octanol–water partition coefficient (Wildman–Crippen LogP) is 4.64. The number of rotatable bonds is 3. The maximum Gasteiger partial charge on any atom is 0.423 e. The van der Waals surface area contributed by atoms with E-state index in [0.717, 1.165) is 23.2 Å². The van der Waals surface area contributed by atoms with Crippen LogP contribution in [0.1, 0.15) is 49.7 Å². The Balaban J connectivity index is 0.000000203. The van der Waals surface area contributed by atoms with E-state index in [4.69, 9.17) is 26.0 Å². The SMILES string of the molecule is C1CCCCC1.N=Cn1ccc(C(F)(F)F)cc1=N.Nc1ncc(C(F)(F)F)c(OC2COC2)n1. The van der Waals surface area contributed by atoms with Crippen molar-refractivity contribution in [2.24, 2.45) is 0 Å². The number of pyridine rings is 1. The van der Waals surface area contributed by atoms with Crippen molar-refractivity contribution in [1.82, 2.24) is 14.5 Å². The third kappa shape index (κ3) is 9.19. The third-order valence-electron chi connectivity index (χ3n) is 4.92. The zero-order valence-corrected chi connectivity index (χ0v) is 18.6. The fourth-order valence-corrected chi connectivity index (χ4v) is 2.96. The van der Waals surface area contributed by atoms with Crippen LogP contribution in [0.25, 0.3) is 0 Å². The van der Waals surface area contributed by atoms with Crippen molar-refractivity contribution in [3.8, 4) is 5.88 Å². The highest BCUT2D eigenvalue weighted by Crippen LogP contribution is 2.35. The molecule has 2 aliphatic rings. The molecule has 1 aliphatic heterocycles. The molecule has 0 amide bonds. The summed E-state index contributed by atoms with van der Waals surface area (Å²) in [7, 11) is 0. The summed E-state index contributed by atoms with van der Waals surface area (Å²) in [6.07, 6.45) is 2.00. The Morgan fingerprint density at radius 3 is 2.00 bits per heavy atom. The standard InChI is InChI=1S/C8H8F3N3O2.C7H6F3N3.C6H12/c9-8(10,11)5-1-13-7(12)14-6(5)16-4-2-15-3-4;8-7(9,10)5-1-2-13(4-11)6(12)3-5;1-2-4-6-5-3-1/h1,4H,2-3H2,(H2,12,13,14);1-4,11-12H;1-6H2. The second-order valence-electron chi connectivity index (χ2n) is 7.68. The fourth-order valence-electron chi connectivity index (χ4n) is 2.96. The Bertz CT molecular complexity index is 1010. The van der Waals surface area contributed by atoms with Gasteiger partial charge in [-0.05, 0) is 12.1 Å². The van der Waals surface area contributed by atoms with Crippen molar-refractivity contribution in [2.45, 2.75) is 57.0 Å². The molecule has 8 nitrogen and oxygen atoms in total. The molecule has 2 aromatic heterocycles. The van der Waals surface area contributed by atoms with Crippen LogP contribution in [0.2, 0.25) is 0 Å². The van der Waals surface area contributed by atoms with Gasteiger partial charge in [0.05, 0.1) is 25.1 Å². The highest BCUT2D eigenvalue weighted by molar-refractivity contribution is 5.53. The summed E-state index contributed by atoms with van der Waals surface area (Å²) in [4.78, 5) is 6.72. The van der Waals surface area contributed by atoms with Crippen molar-refractivity contribution in [1.29, 1.82) is 10.8 Å². The number of nitrogens with two attached hydrogens (primary N) is 1. The zero-order valence-electron chi connectivity index (χ0n) is 18.6. The molecule has 1 saturated carbocycles. The molecule has 0 radical (unpaired) electrons. The number of halogens is 6. The first-order valence-electron chi connectivity index (χ1n) is 10.7. The number of alkyl halides is 6. The first kappa shape index (κ1) is 28.1. The van der Waals surface area contributed by atoms with Crippen LogP contribution in [0.15, 0.2) is 24.5 Å². The average molecular weight is 508 g/mol. The van der Waals surface area contributed by atoms with Crippen LogP contribution in [0.4, 0.5) is 32.3 Å². The molecule has 194 valence electrons. The van der Waals surface area contributed by atoms with E-state index in [1.165, 1.54) is 38.5 Å². The van der Waals surface area contributed by atoms with Gasteiger partial charge in [0.2, 0.25) is 11.8 Å². The Kier molecular flexibility index (Phi) is 10.0. The first-order chi connectivity index (χ1) is 16.4. The Morgan fingerprint density at radius 1 is 1.03 bits per heavy atom. The number of hydrogen-bond donors (Lipinski definition) is 3. The Labute approximate surface area is 197 Å². The van der Waals surface area contributed by atoms with E-state index in [0.29, 0.717) is 12.3 Å². The van der Waals surface area contributed by atoms with E-state index >= 15 is 0 Å². The molecule has 14 heteroatoms. The number of nitrogens with zero attached hydrogens (tertiary/aromatic N) is 3. The van der Waals surface area contributed by atoms with Crippen molar-refractivity contribution in [2.75, 3.05) is 18.9 Å². The number of hydrogen-bond acceptors (Lipinski definition) is 7. The lowest BCUT2D eigenvalue weighted by Gasteiger charge is -2.27. The number of anilines is 1. The largest absolute Gasteiger partial charge is 0.469 e. The number of nitrogen functional groups attached to an aromatic ring is 1. The van der Waals surface area contributed by atoms with Crippen molar-refractivity contribution < 1.29 is 35.8 Å². The fraction of sp³-hybridized carbons (Fsp3) is 0.524. The number of ether oxygens (including phenoxy) is 2. The van der Waals surface area contributed by atoms with Gasteiger partial charge in [-0.2, -0.15) is 31.3 Å². The van der Waals surface area contributed by atoms with Crippen LogP contribution >= 0.6 is 0 Å². The summed E-state index contributed by atoms with van der Waals surface area (Å²) in [5, 5.41) is 13.9. The molecular formula is C21H26F6N6O2. The molecule has 0 bridgehead atoms. The lowest BCUT2D eigenvalue weighted by Crippen LogP contribution is -2.39. The topological polar surface area (TPSA) is 123 Å². The van der Waals surface area contributed by atoms with Gasteiger partial charge < -0.3 is 15.2 Å². The molecule has 0 spiro atoms. The summed E-state index contributed by atoms with van der Waals surface area (Å²) in [6, 6.07) is 1.49. The molecule has 0 atom stereocenters. The quantitative estimate of drug-likeness (QED) is 0.317. The van der Waals surface area contributed by atoms with E-state index in [1.54, 1.807) is 0 Å². The van der Waals surface area contributed by atoms with Gasteiger partial charge in [0.1, 0.15) is 17.2 Å². The van der Waals surface area contributed by atoms with Crippen molar-refractivity contribution in [3.05, 3.63) is 41.1 Å². The minimum Gasteiger partial charge on any atom is -0.469 e. The molecule has 0 aromatic carbocycles. The van der Waals surface area contributed by atoms with Crippen molar-refractivity contribution >= 4 is 12.3 Å². The van der Waals surface area contributed by atoms with Crippen LogP contribution < -0.4 is 16.0 Å². The van der Waals surface area contributed by atoms with E-state index in [9.17, 15) is 26.3 Å². The molecule has 1 aliphatic carbocycles. The highest BCUT2D eigenvalue weighted by atomic mass is 19.4. The molecule has 1 saturated heterocycles. The summed E-state index contributed by atoms with van der Waals surface area (Å²) >= 11 is 0. The summed E-state index contributed by atoms with van der Waals surface area (Å²) in [6.45, 7) is 0.502. The first-order valence-corrected chi connectivity index (χ1v) is 10.7. The summed E-state index contributed by atoms with van der Waals surface area (Å²) in [5.74, 6) is -0.809. The molecule has 4 N–H and O–H groups in total. The van der Waals surface area contributed by atoms with Gasteiger partial charge in [-0.25, -0.2) is 4.98 Å². The third-order valence-corrected chi connectivity index (χ3v) is 4.92. The highest BCUT2D eigenvalue weighted by Gasteiger charge is 2.37. The zero-order chi connectivity index (χ0) is 26.1. The molecule has 3 heterocycles. The van der Waals surface area contributed by atoms with Gasteiger partial charge >= 0.3 is 12.4 Å². The van der Waals surface area contributed by atoms with Crippen LogP contribution in [-0.4, -0.2) is 40.2 Å². The van der Waals surface area contributed by atoms with Crippen LogP contribution in [0.3, 0.4) is 0 Å². The number of nitrogens with one attached hydrogen (secondary N) is 2. The normalized spacial score (nSPS) is 16.1. The Hall–Kier alpha value is -3.16. The maximum atomic E-state index is 12.5. The lowest BCUT2D eigenvalue weighted by molar-refractivity contribution is -0.142. The van der Waals surface area contributed by atoms with Gasteiger partial charge in [-0.1, -0.05) is 38.5 Å². The monoisotopic (exact) mass is 508 g/mol. The minimum absolute atomic E-state index is 0.251. The van der Waals surface area contributed by atoms with Gasteiger partial charge in [0.25, 0.3) is 0 Å². The Morgan fingerprint density at radius 2 is 1.60 bits per heavy atom. The molecule has 4 rings (SSSR count). The molecule has 0 unspecified atom stereocenters. The average Bonchev–Trinajstić information content (AvgIpc) is 2.77. The van der Waals surface area contributed by atoms with Gasteiger partial charge in [0.15, 0.2) is 0 Å². The van der Waals surface area contributed by atoms with Gasteiger partial charge in [0, 0.05) is 12.4 Å². The second kappa shape index (κ2) is 12.5. The summed E-state index contributed by atoms with van der Waals surface area (Å²) in [5.41, 5.74) is 2.92. The maximum absolute atomic E-state index is 12.5. The van der Waals surface area contributed by atoms with E-state index < -0.39 is 35.5 Å². The van der Waals surface area contributed by atoms with E-state index in [2.05, 4.69) is 9.97 Å². The van der Waals surface area contributed by atoms with Crippen LogP contribution in [0.5, 0.6) is 5.88 Å². The number of aromatic nitrogens is 3. The predicted molar refractivity (Wildman–Crippen MR) is 114 cm³/mol. The summed E-state index contributed by atoms with van der Waals surface area (Å²) < 4.78 is 84.5.